The highest BCUT2D eigenvalue weighted by molar-refractivity contribution is 5.56. The molecule has 0 amide bonds. The summed E-state index contributed by atoms with van der Waals surface area (Å²) in [7, 11) is 4.87. The quantitative estimate of drug-likeness (QED) is 0.584. The van der Waals surface area contributed by atoms with E-state index < -0.39 is 0 Å². The number of aromatic amines is 1. The third-order valence-corrected chi connectivity index (χ3v) is 6.19. The normalized spacial score (nSPS) is 14.8. The SMILES string of the molecule is COc1cc(CN2CCC(c3cc(=O)[nH]c(-c4cccc(C)c4)n3)CC2)cc(OC)c1OC. The first-order chi connectivity index (χ1) is 16.0. The summed E-state index contributed by atoms with van der Waals surface area (Å²) in [5.41, 5.74) is 3.97. The number of H-pyrrole nitrogens is 1. The summed E-state index contributed by atoms with van der Waals surface area (Å²) >= 11 is 0. The molecule has 1 aliphatic heterocycles. The Kier molecular flexibility index (Phi) is 6.99. The number of methoxy groups -OCH3 is 3. The van der Waals surface area contributed by atoms with Gasteiger partial charge in [0.15, 0.2) is 11.5 Å². The van der Waals surface area contributed by atoms with E-state index in [1.165, 1.54) is 0 Å². The van der Waals surface area contributed by atoms with E-state index in [1.54, 1.807) is 27.4 Å². The molecule has 7 nitrogen and oxygen atoms in total. The highest BCUT2D eigenvalue weighted by atomic mass is 16.5. The van der Waals surface area contributed by atoms with Gasteiger partial charge in [0.25, 0.3) is 5.56 Å². The van der Waals surface area contributed by atoms with Crippen LogP contribution in [0.2, 0.25) is 0 Å². The molecule has 2 heterocycles. The van der Waals surface area contributed by atoms with Crippen molar-refractivity contribution in [1.29, 1.82) is 0 Å². The highest BCUT2D eigenvalue weighted by Crippen LogP contribution is 2.39. The number of nitrogens with one attached hydrogen (secondary N) is 1. The first-order valence-corrected chi connectivity index (χ1v) is 11.2. The Morgan fingerprint density at radius 3 is 2.30 bits per heavy atom. The molecule has 3 aromatic rings. The van der Waals surface area contributed by atoms with Gasteiger partial charge in [-0.15, -0.1) is 0 Å². The molecule has 0 unspecified atom stereocenters. The zero-order valence-corrected chi connectivity index (χ0v) is 19.7. The van der Waals surface area contributed by atoms with Gasteiger partial charge in [0.1, 0.15) is 5.82 Å². The monoisotopic (exact) mass is 449 g/mol. The minimum absolute atomic E-state index is 0.101. The summed E-state index contributed by atoms with van der Waals surface area (Å²) < 4.78 is 16.4. The largest absolute Gasteiger partial charge is 0.493 e. The van der Waals surface area contributed by atoms with Crippen molar-refractivity contribution in [2.45, 2.75) is 32.2 Å². The second-order valence-corrected chi connectivity index (χ2v) is 8.47. The summed E-state index contributed by atoms with van der Waals surface area (Å²) in [4.78, 5) is 22.5. The number of likely N-dealkylation sites (tertiary alicyclic amines) is 1. The number of piperidine rings is 1. The van der Waals surface area contributed by atoms with E-state index in [0.717, 1.165) is 54.9 Å². The van der Waals surface area contributed by atoms with E-state index in [4.69, 9.17) is 19.2 Å². The standard InChI is InChI=1S/C26H31N3O4/c1-17-6-5-7-20(12-17)26-27-21(15-24(30)28-26)19-8-10-29(11-9-19)16-18-13-22(31-2)25(33-4)23(14-18)32-3/h5-7,12-15,19H,8-11,16H2,1-4H3,(H,27,28,30). The number of benzene rings is 2. The van der Waals surface area contributed by atoms with Crippen molar-refractivity contribution in [3.8, 4) is 28.6 Å². The number of aromatic nitrogens is 2. The van der Waals surface area contributed by atoms with Crippen LogP contribution >= 0.6 is 0 Å². The molecule has 0 bridgehead atoms. The van der Waals surface area contributed by atoms with Crippen molar-refractivity contribution in [2.24, 2.45) is 0 Å². The molecule has 4 rings (SSSR count). The van der Waals surface area contributed by atoms with E-state index >= 15 is 0 Å². The number of aryl methyl sites for hydroxylation is 1. The lowest BCUT2D eigenvalue weighted by atomic mass is 9.93. The predicted molar refractivity (Wildman–Crippen MR) is 128 cm³/mol. The molecular weight excluding hydrogens is 418 g/mol. The number of ether oxygens (including phenoxy) is 3. The topological polar surface area (TPSA) is 76.7 Å². The average molecular weight is 450 g/mol. The lowest BCUT2D eigenvalue weighted by molar-refractivity contribution is 0.202. The number of hydrogen-bond acceptors (Lipinski definition) is 6. The van der Waals surface area contributed by atoms with Gasteiger partial charge in [-0.2, -0.15) is 0 Å². The van der Waals surface area contributed by atoms with Crippen LogP contribution in [-0.4, -0.2) is 49.3 Å². The van der Waals surface area contributed by atoms with E-state index in [1.807, 2.05) is 43.3 Å². The van der Waals surface area contributed by atoms with Crippen LogP contribution < -0.4 is 19.8 Å². The zero-order valence-electron chi connectivity index (χ0n) is 19.7. The molecule has 2 aromatic carbocycles. The Labute approximate surface area is 194 Å². The minimum Gasteiger partial charge on any atom is -0.493 e. The third kappa shape index (κ3) is 5.20. The maximum absolute atomic E-state index is 12.4. The molecule has 7 heteroatoms. The Morgan fingerprint density at radius 1 is 1.00 bits per heavy atom. The van der Waals surface area contributed by atoms with Crippen LogP contribution in [0.1, 0.15) is 35.6 Å². The first kappa shape index (κ1) is 22.9. The summed E-state index contributed by atoms with van der Waals surface area (Å²) in [6, 6.07) is 13.7. The second-order valence-electron chi connectivity index (χ2n) is 8.47. The Bertz CT molecular complexity index is 1140. The Morgan fingerprint density at radius 2 is 1.70 bits per heavy atom. The maximum Gasteiger partial charge on any atom is 0.251 e. The van der Waals surface area contributed by atoms with Gasteiger partial charge in [-0.3, -0.25) is 9.69 Å². The fourth-order valence-corrected chi connectivity index (χ4v) is 4.49. The van der Waals surface area contributed by atoms with Gasteiger partial charge in [-0.25, -0.2) is 4.98 Å². The van der Waals surface area contributed by atoms with Crippen LogP contribution in [0.5, 0.6) is 17.2 Å². The fraction of sp³-hybridized carbons (Fsp3) is 0.385. The average Bonchev–Trinajstić information content (AvgIpc) is 2.83. The van der Waals surface area contributed by atoms with Crippen molar-refractivity contribution in [3.63, 3.8) is 0 Å². The predicted octanol–water partition coefficient (Wildman–Crippen LogP) is 4.15. The van der Waals surface area contributed by atoms with Crippen LogP contribution in [0.15, 0.2) is 47.3 Å². The van der Waals surface area contributed by atoms with Crippen LogP contribution in [0.3, 0.4) is 0 Å². The van der Waals surface area contributed by atoms with Crippen LogP contribution in [0.25, 0.3) is 11.4 Å². The minimum atomic E-state index is -0.101. The van der Waals surface area contributed by atoms with E-state index in [2.05, 4.69) is 9.88 Å². The molecule has 0 radical (unpaired) electrons. The summed E-state index contributed by atoms with van der Waals surface area (Å²) in [5.74, 6) is 2.84. The molecule has 1 saturated heterocycles. The molecule has 0 spiro atoms. The van der Waals surface area contributed by atoms with Gasteiger partial charge in [0.2, 0.25) is 5.75 Å². The zero-order chi connectivity index (χ0) is 23.4. The van der Waals surface area contributed by atoms with Crippen molar-refractivity contribution in [2.75, 3.05) is 34.4 Å². The molecule has 0 aliphatic carbocycles. The van der Waals surface area contributed by atoms with Gasteiger partial charge >= 0.3 is 0 Å². The fourth-order valence-electron chi connectivity index (χ4n) is 4.49. The summed E-state index contributed by atoms with van der Waals surface area (Å²) in [6.07, 6.45) is 1.91. The Balaban J connectivity index is 1.46. The van der Waals surface area contributed by atoms with Gasteiger partial charge in [-0.1, -0.05) is 23.8 Å². The van der Waals surface area contributed by atoms with E-state index in [0.29, 0.717) is 23.1 Å². The van der Waals surface area contributed by atoms with Gasteiger partial charge < -0.3 is 19.2 Å². The van der Waals surface area contributed by atoms with Crippen molar-refractivity contribution in [1.82, 2.24) is 14.9 Å². The van der Waals surface area contributed by atoms with Crippen LogP contribution in [-0.2, 0) is 6.54 Å². The molecule has 174 valence electrons. The van der Waals surface area contributed by atoms with Crippen LogP contribution in [0, 0.1) is 6.92 Å². The van der Waals surface area contributed by atoms with Crippen molar-refractivity contribution in [3.05, 3.63) is 69.6 Å². The maximum atomic E-state index is 12.4. The Hall–Kier alpha value is -3.32. The van der Waals surface area contributed by atoms with E-state index in [9.17, 15) is 4.79 Å². The van der Waals surface area contributed by atoms with Crippen molar-refractivity contribution < 1.29 is 14.2 Å². The third-order valence-electron chi connectivity index (χ3n) is 6.19. The van der Waals surface area contributed by atoms with Gasteiger partial charge in [0.05, 0.1) is 27.0 Å². The number of nitrogens with zero attached hydrogens (tertiary/aromatic N) is 2. The lowest BCUT2D eigenvalue weighted by Gasteiger charge is -2.32. The second kappa shape index (κ2) is 10.1. The molecule has 1 fully saturated rings. The summed E-state index contributed by atoms with van der Waals surface area (Å²) in [6.45, 7) is 4.68. The molecular formula is C26H31N3O4. The van der Waals surface area contributed by atoms with Crippen LogP contribution in [0.4, 0.5) is 0 Å². The lowest BCUT2D eigenvalue weighted by Crippen LogP contribution is -2.33. The first-order valence-electron chi connectivity index (χ1n) is 11.2. The van der Waals surface area contributed by atoms with Crippen molar-refractivity contribution >= 4 is 0 Å². The molecule has 1 aliphatic rings. The molecule has 33 heavy (non-hydrogen) atoms. The van der Waals surface area contributed by atoms with Gasteiger partial charge in [0, 0.05) is 24.1 Å². The molecule has 0 atom stereocenters. The number of rotatable bonds is 7. The van der Waals surface area contributed by atoms with Gasteiger partial charge in [-0.05, 0) is 56.6 Å². The molecule has 1 N–H and O–H groups in total. The molecule has 1 aromatic heterocycles. The molecule has 0 saturated carbocycles. The highest BCUT2D eigenvalue weighted by Gasteiger charge is 2.23. The van der Waals surface area contributed by atoms with E-state index in [-0.39, 0.29) is 11.5 Å². The number of hydrogen-bond donors (Lipinski definition) is 1. The smallest absolute Gasteiger partial charge is 0.251 e. The summed E-state index contributed by atoms with van der Waals surface area (Å²) in [5, 5.41) is 0.